The fourth-order valence-electron chi connectivity index (χ4n) is 4.37. The maximum atomic E-state index is 13.4. The number of aryl methyl sites for hydroxylation is 1. The lowest BCUT2D eigenvalue weighted by atomic mass is 9.92. The van der Waals surface area contributed by atoms with Crippen LogP contribution in [0.3, 0.4) is 0 Å². The number of amides is 2. The molecule has 1 N–H and O–H groups in total. The molecule has 1 saturated carbocycles. The van der Waals surface area contributed by atoms with Crippen molar-refractivity contribution in [2.75, 3.05) is 5.32 Å². The van der Waals surface area contributed by atoms with Gasteiger partial charge in [0.1, 0.15) is 23.7 Å². The summed E-state index contributed by atoms with van der Waals surface area (Å²) in [6.45, 7) is 8.09. The van der Waals surface area contributed by atoms with Crippen molar-refractivity contribution in [3.63, 3.8) is 0 Å². The zero-order valence-corrected chi connectivity index (χ0v) is 19.4. The molecule has 1 aliphatic heterocycles. The smallest absolute Gasteiger partial charge is 0.280 e. The van der Waals surface area contributed by atoms with Gasteiger partial charge in [-0.1, -0.05) is 26.8 Å². The topological polar surface area (TPSA) is 102 Å². The lowest BCUT2D eigenvalue weighted by Crippen LogP contribution is -2.40. The largest absolute Gasteiger partial charge is 0.330 e. The molecule has 0 unspecified atom stereocenters. The van der Waals surface area contributed by atoms with Crippen LogP contribution in [0.15, 0.2) is 29.2 Å². The Hall–Kier alpha value is -3.49. The minimum Gasteiger partial charge on any atom is -0.330 e. The fourth-order valence-corrected chi connectivity index (χ4v) is 4.37. The van der Waals surface area contributed by atoms with Gasteiger partial charge in [-0.25, -0.2) is 4.98 Å². The Morgan fingerprint density at radius 3 is 2.58 bits per heavy atom. The monoisotopic (exact) mass is 448 g/mol. The maximum Gasteiger partial charge on any atom is 0.280 e. The molecule has 9 heteroatoms. The summed E-state index contributed by atoms with van der Waals surface area (Å²) in [5.74, 6) is -0.0767. The lowest BCUT2D eigenvalue weighted by Gasteiger charge is -2.34. The van der Waals surface area contributed by atoms with Gasteiger partial charge in [0.15, 0.2) is 0 Å². The van der Waals surface area contributed by atoms with E-state index in [0.717, 1.165) is 30.5 Å². The average Bonchev–Trinajstić information content (AvgIpc) is 3.29. The quantitative estimate of drug-likeness (QED) is 0.661. The van der Waals surface area contributed by atoms with E-state index in [4.69, 9.17) is 0 Å². The first-order chi connectivity index (χ1) is 15.6. The molecule has 2 aliphatic rings. The molecule has 0 saturated heterocycles. The summed E-state index contributed by atoms with van der Waals surface area (Å²) in [7, 11) is 0. The summed E-state index contributed by atoms with van der Waals surface area (Å²) in [5, 5.41) is 7.35. The highest BCUT2D eigenvalue weighted by Crippen LogP contribution is 2.33. The lowest BCUT2D eigenvalue weighted by molar-refractivity contribution is -0.116. The Balaban J connectivity index is 1.60. The first-order valence-electron chi connectivity index (χ1n) is 11.3. The van der Waals surface area contributed by atoms with Crippen molar-refractivity contribution in [2.45, 2.75) is 71.5 Å². The molecule has 9 nitrogen and oxygen atoms in total. The molecular formula is C24H28N6O3. The molecule has 5 rings (SSSR count). The Labute approximate surface area is 191 Å². The van der Waals surface area contributed by atoms with E-state index in [1.807, 2.05) is 33.8 Å². The van der Waals surface area contributed by atoms with E-state index in [2.05, 4.69) is 15.4 Å². The van der Waals surface area contributed by atoms with Crippen molar-refractivity contribution in [3.8, 4) is 0 Å². The molecule has 0 atom stereocenters. The molecule has 0 bridgehead atoms. The van der Waals surface area contributed by atoms with Gasteiger partial charge in [-0.05, 0) is 37.8 Å². The van der Waals surface area contributed by atoms with E-state index < -0.39 is 0 Å². The van der Waals surface area contributed by atoms with Crippen molar-refractivity contribution in [3.05, 3.63) is 57.3 Å². The second-order valence-corrected chi connectivity index (χ2v) is 10.1. The van der Waals surface area contributed by atoms with Crippen LogP contribution in [0.25, 0.3) is 5.65 Å². The van der Waals surface area contributed by atoms with Crippen LogP contribution in [0.1, 0.15) is 67.3 Å². The molecule has 0 aromatic carbocycles. The third-order valence-electron chi connectivity index (χ3n) is 6.53. The number of nitrogens with zero attached hydrogens (tertiary/aromatic N) is 5. The number of fused-ring (bicyclic) bond motifs is 2. The van der Waals surface area contributed by atoms with Crippen LogP contribution < -0.4 is 10.9 Å². The SMILES string of the molecule is Cc1ccc(NC(=O)Cn2c3c(c(=O)n4nc(C(C)(C)C)cc24)CN(C2CCC2)C3=O)nc1. The molecule has 3 aromatic heterocycles. The van der Waals surface area contributed by atoms with Crippen LogP contribution in [0.5, 0.6) is 0 Å². The Morgan fingerprint density at radius 2 is 1.97 bits per heavy atom. The molecule has 2 amide bonds. The third kappa shape index (κ3) is 3.61. The van der Waals surface area contributed by atoms with Crippen LogP contribution in [0.4, 0.5) is 5.82 Å². The highest BCUT2D eigenvalue weighted by atomic mass is 16.2. The van der Waals surface area contributed by atoms with E-state index in [0.29, 0.717) is 22.7 Å². The molecule has 172 valence electrons. The van der Waals surface area contributed by atoms with Gasteiger partial charge in [0.25, 0.3) is 11.5 Å². The van der Waals surface area contributed by atoms with Crippen LogP contribution in [0.2, 0.25) is 0 Å². The summed E-state index contributed by atoms with van der Waals surface area (Å²) in [6.07, 6.45) is 4.65. The van der Waals surface area contributed by atoms with Crippen LogP contribution >= 0.6 is 0 Å². The van der Waals surface area contributed by atoms with Gasteiger partial charge in [-0.15, -0.1) is 0 Å². The summed E-state index contributed by atoms with van der Waals surface area (Å²) < 4.78 is 2.98. The van der Waals surface area contributed by atoms with E-state index in [1.165, 1.54) is 4.52 Å². The van der Waals surface area contributed by atoms with Crippen molar-refractivity contribution < 1.29 is 9.59 Å². The number of nitrogens with one attached hydrogen (secondary N) is 1. The zero-order valence-electron chi connectivity index (χ0n) is 19.4. The second-order valence-electron chi connectivity index (χ2n) is 10.1. The van der Waals surface area contributed by atoms with E-state index in [1.54, 1.807) is 27.8 Å². The number of carbonyl (C=O) groups excluding carboxylic acids is 2. The van der Waals surface area contributed by atoms with Gasteiger partial charge in [0, 0.05) is 23.7 Å². The molecular weight excluding hydrogens is 420 g/mol. The highest BCUT2D eigenvalue weighted by Gasteiger charge is 2.40. The minimum atomic E-state index is -0.326. The minimum absolute atomic E-state index is 0.124. The van der Waals surface area contributed by atoms with Gasteiger partial charge >= 0.3 is 0 Å². The summed E-state index contributed by atoms with van der Waals surface area (Å²) in [4.78, 5) is 45.7. The fraction of sp³-hybridized carbons (Fsp3) is 0.458. The molecule has 4 heterocycles. The van der Waals surface area contributed by atoms with Crippen LogP contribution in [-0.4, -0.2) is 41.9 Å². The highest BCUT2D eigenvalue weighted by molar-refractivity contribution is 5.98. The Kier molecular flexibility index (Phi) is 4.88. The van der Waals surface area contributed by atoms with Crippen molar-refractivity contribution in [2.24, 2.45) is 0 Å². The number of pyridine rings is 1. The predicted molar refractivity (Wildman–Crippen MR) is 123 cm³/mol. The summed E-state index contributed by atoms with van der Waals surface area (Å²) in [5.41, 5.74) is 2.28. The number of rotatable bonds is 4. The summed E-state index contributed by atoms with van der Waals surface area (Å²) >= 11 is 0. The third-order valence-corrected chi connectivity index (χ3v) is 6.53. The molecule has 1 aliphatic carbocycles. The van der Waals surface area contributed by atoms with Gasteiger partial charge in [0.2, 0.25) is 5.91 Å². The van der Waals surface area contributed by atoms with Gasteiger partial charge < -0.3 is 14.8 Å². The number of aromatic nitrogens is 4. The maximum absolute atomic E-state index is 13.4. The van der Waals surface area contributed by atoms with Crippen molar-refractivity contribution in [1.29, 1.82) is 0 Å². The number of anilines is 1. The van der Waals surface area contributed by atoms with Crippen LogP contribution in [-0.2, 0) is 23.3 Å². The van der Waals surface area contributed by atoms with Crippen molar-refractivity contribution >= 4 is 23.3 Å². The van der Waals surface area contributed by atoms with E-state index in [9.17, 15) is 14.4 Å². The zero-order chi connectivity index (χ0) is 23.5. The normalized spacial score (nSPS) is 16.2. The van der Waals surface area contributed by atoms with E-state index in [-0.39, 0.29) is 41.9 Å². The van der Waals surface area contributed by atoms with Crippen molar-refractivity contribution in [1.82, 2.24) is 24.1 Å². The number of hydrogen-bond donors (Lipinski definition) is 1. The molecule has 0 spiro atoms. The summed E-state index contributed by atoms with van der Waals surface area (Å²) in [6, 6.07) is 5.56. The van der Waals surface area contributed by atoms with Gasteiger partial charge in [-0.2, -0.15) is 9.61 Å². The molecule has 1 fully saturated rings. The van der Waals surface area contributed by atoms with E-state index >= 15 is 0 Å². The molecule has 0 radical (unpaired) electrons. The average molecular weight is 449 g/mol. The van der Waals surface area contributed by atoms with Gasteiger partial charge in [0.05, 0.1) is 17.8 Å². The number of carbonyl (C=O) groups is 2. The first kappa shape index (κ1) is 21.4. The molecule has 33 heavy (non-hydrogen) atoms. The standard InChI is InChI=1S/C24H28N6O3/c1-14-8-9-18(25-11-14)26-19(31)13-29-20-10-17(24(2,3)4)27-30(20)22(32)16-12-28(15-6-5-7-15)23(33)21(16)29/h8-11,15H,5-7,12-13H2,1-4H3,(H,25,26,31). The first-order valence-corrected chi connectivity index (χ1v) is 11.3. The van der Waals surface area contributed by atoms with Crippen LogP contribution in [0, 0.1) is 6.92 Å². The predicted octanol–water partition coefficient (Wildman–Crippen LogP) is 2.64. The van der Waals surface area contributed by atoms with Gasteiger partial charge in [-0.3, -0.25) is 14.4 Å². The molecule has 3 aromatic rings. The Bertz CT molecular complexity index is 1330. The number of hydrogen-bond acceptors (Lipinski definition) is 5. The Morgan fingerprint density at radius 1 is 1.21 bits per heavy atom. The second kappa shape index (κ2) is 7.54.